The lowest BCUT2D eigenvalue weighted by Gasteiger charge is -2.30. The monoisotopic (exact) mass is 289 g/mol. The molecule has 1 aromatic carbocycles. The van der Waals surface area contributed by atoms with E-state index in [0.717, 1.165) is 37.3 Å². The second kappa shape index (κ2) is 8.02. The number of hydrogen-bond acceptors (Lipinski definition) is 4. The second-order valence-corrected chi connectivity index (χ2v) is 5.97. The Balaban J connectivity index is 2.94. The van der Waals surface area contributed by atoms with Gasteiger partial charge in [-0.05, 0) is 51.4 Å². The van der Waals surface area contributed by atoms with Crippen LogP contribution in [0, 0.1) is 11.3 Å². The number of hydrogen-bond donors (Lipinski definition) is 2. The van der Waals surface area contributed by atoms with Gasteiger partial charge in [0.15, 0.2) is 0 Å². The first-order valence-corrected chi connectivity index (χ1v) is 7.62. The van der Waals surface area contributed by atoms with Crippen LogP contribution in [0.15, 0.2) is 18.2 Å². The van der Waals surface area contributed by atoms with Crippen molar-refractivity contribution in [2.45, 2.75) is 46.3 Å². The van der Waals surface area contributed by atoms with E-state index in [2.05, 4.69) is 18.3 Å². The maximum Gasteiger partial charge on any atom is 0.101 e. The minimum absolute atomic E-state index is 0.506. The van der Waals surface area contributed by atoms with Gasteiger partial charge in [-0.3, -0.25) is 0 Å². The highest BCUT2D eigenvalue weighted by atomic mass is 16.3. The van der Waals surface area contributed by atoms with E-state index in [9.17, 15) is 10.4 Å². The Kier molecular flexibility index (Phi) is 6.67. The summed E-state index contributed by atoms with van der Waals surface area (Å²) in [4.78, 5) is 2.04. The molecule has 0 bridgehead atoms. The van der Waals surface area contributed by atoms with Crippen LogP contribution in [0.5, 0.6) is 0 Å². The summed E-state index contributed by atoms with van der Waals surface area (Å²) >= 11 is 0. The Morgan fingerprint density at radius 3 is 2.57 bits per heavy atom. The van der Waals surface area contributed by atoms with E-state index in [1.807, 2.05) is 30.0 Å². The van der Waals surface area contributed by atoms with Crippen molar-refractivity contribution in [3.05, 3.63) is 29.3 Å². The Hall–Kier alpha value is -1.57. The van der Waals surface area contributed by atoms with Crippen molar-refractivity contribution < 1.29 is 5.11 Å². The molecule has 0 fully saturated rings. The van der Waals surface area contributed by atoms with E-state index < -0.39 is 5.60 Å². The molecule has 4 heteroatoms. The van der Waals surface area contributed by atoms with Crippen LogP contribution >= 0.6 is 0 Å². The molecule has 0 saturated heterocycles. The summed E-state index contributed by atoms with van der Waals surface area (Å²) in [5.74, 6) is 0. The van der Waals surface area contributed by atoms with Gasteiger partial charge in [-0.2, -0.15) is 5.26 Å². The van der Waals surface area contributed by atoms with Gasteiger partial charge in [0.05, 0.1) is 16.9 Å². The van der Waals surface area contributed by atoms with E-state index >= 15 is 0 Å². The molecule has 4 nitrogen and oxygen atoms in total. The number of benzene rings is 1. The van der Waals surface area contributed by atoms with E-state index in [-0.39, 0.29) is 0 Å². The topological polar surface area (TPSA) is 59.3 Å². The van der Waals surface area contributed by atoms with Crippen LogP contribution in [0.3, 0.4) is 0 Å². The van der Waals surface area contributed by atoms with Crippen LogP contribution < -0.4 is 10.2 Å². The van der Waals surface area contributed by atoms with Crippen LogP contribution in [0.2, 0.25) is 0 Å². The number of rotatable bonds is 8. The van der Waals surface area contributed by atoms with Crippen molar-refractivity contribution in [3.63, 3.8) is 0 Å². The molecule has 1 rings (SSSR count). The van der Waals surface area contributed by atoms with Gasteiger partial charge >= 0.3 is 0 Å². The molecule has 0 spiro atoms. The largest absolute Gasteiger partial charge is 0.389 e. The predicted octanol–water partition coefficient (Wildman–Crippen LogP) is 2.66. The number of aliphatic hydroxyl groups is 1. The lowest BCUT2D eigenvalue weighted by molar-refractivity contribution is 0.0876. The maximum absolute atomic E-state index is 10.0. The Morgan fingerprint density at radius 1 is 1.33 bits per heavy atom. The van der Waals surface area contributed by atoms with Gasteiger partial charge in [-0.25, -0.2) is 0 Å². The zero-order chi connectivity index (χ0) is 15.9. The molecule has 116 valence electrons. The zero-order valence-electron chi connectivity index (χ0n) is 13.6. The first kappa shape index (κ1) is 17.5. The summed E-state index contributed by atoms with van der Waals surface area (Å²) in [5, 5.41) is 22.7. The standard InChI is InChI=1S/C17H27N3O/c1-5-9-19-12-14-7-8-16(15(10-14)11-18)20(6-2)13-17(3,4)21/h7-8,10,19,21H,5-6,9,12-13H2,1-4H3. The summed E-state index contributed by atoms with van der Waals surface area (Å²) < 4.78 is 0. The minimum atomic E-state index is -0.788. The fourth-order valence-corrected chi connectivity index (χ4v) is 2.30. The molecule has 0 amide bonds. The molecule has 0 radical (unpaired) electrons. The minimum Gasteiger partial charge on any atom is -0.389 e. The second-order valence-electron chi connectivity index (χ2n) is 5.97. The average molecular weight is 289 g/mol. The third-order valence-corrected chi connectivity index (χ3v) is 3.24. The molecule has 0 saturated carbocycles. The highest BCUT2D eigenvalue weighted by Crippen LogP contribution is 2.23. The lowest BCUT2D eigenvalue weighted by atomic mass is 10.1. The Morgan fingerprint density at radius 2 is 2.05 bits per heavy atom. The summed E-state index contributed by atoms with van der Waals surface area (Å²) in [6.07, 6.45) is 1.10. The maximum atomic E-state index is 10.0. The molecule has 0 atom stereocenters. The van der Waals surface area contributed by atoms with Crippen LogP contribution in [0.25, 0.3) is 0 Å². The normalized spacial score (nSPS) is 11.2. The fourth-order valence-electron chi connectivity index (χ4n) is 2.30. The van der Waals surface area contributed by atoms with Gasteiger partial charge < -0.3 is 15.3 Å². The molecule has 0 aliphatic rings. The van der Waals surface area contributed by atoms with E-state index in [1.54, 1.807) is 13.8 Å². The third-order valence-electron chi connectivity index (χ3n) is 3.24. The fraction of sp³-hybridized carbons (Fsp3) is 0.588. The molecule has 0 heterocycles. The highest BCUT2D eigenvalue weighted by molar-refractivity contribution is 5.60. The summed E-state index contributed by atoms with van der Waals surface area (Å²) in [6, 6.07) is 8.24. The van der Waals surface area contributed by atoms with Crippen molar-refractivity contribution in [2.75, 3.05) is 24.5 Å². The highest BCUT2D eigenvalue weighted by Gasteiger charge is 2.19. The first-order chi connectivity index (χ1) is 9.91. The average Bonchev–Trinajstić information content (AvgIpc) is 2.44. The third kappa shape index (κ3) is 5.74. The number of nitriles is 1. The molecule has 0 unspecified atom stereocenters. The summed E-state index contributed by atoms with van der Waals surface area (Å²) in [5.41, 5.74) is 1.88. The quantitative estimate of drug-likeness (QED) is 0.722. The lowest BCUT2D eigenvalue weighted by Crippen LogP contribution is -2.39. The van der Waals surface area contributed by atoms with E-state index in [1.165, 1.54) is 0 Å². The van der Waals surface area contributed by atoms with Gasteiger partial charge in [-0.1, -0.05) is 13.0 Å². The smallest absolute Gasteiger partial charge is 0.101 e. The molecule has 0 aliphatic carbocycles. The summed E-state index contributed by atoms with van der Waals surface area (Å²) in [6.45, 7) is 10.7. The van der Waals surface area contributed by atoms with Crippen molar-refractivity contribution in [1.82, 2.24) is 5.32 Å². The SMILES string of the molecule is CCCNCc1ccc(N(CC)CC(C)(C)O)c(C#N)c1. The number of nitrogens with zero attached hydrogens (tertiary/aromatic N) is 2. The van der Waals surface area contributed by atoms with Crippen molar-refractivity contribution in [2.24, 2.45) is 0 Å². The van der Waals surface area contributed by atoms with Crippen molar-refractivity contribution in [1.29, 1.82) is 5.26 Å². The Labute approximate surface area is 128 Å². The van der Waals surface area contributed by atoms with Gasteiger partial charge in [0.1, 0.15) is 6.07 Å². The van der Waals surface area contributed by atoms with Crippen molar-refractivity contribution in [3.8, 4) is 6.07 Å². The molecular formula is C17H27N3O. The van der Waals surface area contributed by atoms with Crippen LogP contribution in [0.1, 0.15) is 45.2 Å². The Bertz CT molecular complexity index is 486. The molecule has 0 aromatic heterocycles. The molecule has 0 aliphatic heterocycles. The number of nitrogens with one attached hydrogen (secondary N) is 1. The van der Waals surface area contributed by atoms with Gasteiger partial charge in [-0.15, -0.1) is 0 Å². The zero-order valence-corrected chi connectivity index (χ0v) is 13.6. The molecule has 21 heavy (non-hydrogen) atoms. The van der Waals surface area contributed by atoms with Gasteiger partial charge in [0.25, 0.3) is 0 Å². The molecule has 1 aromatic rings. The van der Waals surface area contributed by atoms with Crippen molar-refractivity contribution >= 4 is 5.69 Å². The van der Waals surface area contributed by atoms with E-state index in [4.69, 9.17) is 0 Å². The summed E-state index contributed by atoms with van der Waals surface area (Å²) in [7, 11) is 0. The number of likely N-dealkylation sites (N-methyl/N-ethyl adjacent to an activating group) is 1. The molecular weight excluding hydrogens is 262 g/mol. The first-order valence-electron chi connectivity index (χ1n) is 7.62. The van der Waals surface area contributed by atoms with Gasteiger partial charge in [0.2, 0.25) is 0 Å². The van der Waals surface area contributed by atoms with E-state index in [0.29, 0.717) is 12.1 Å². The van der Waals surface area contributed by atoms with Crippen LogP contribution in [-0.2, 0) is 6.54 Å². The van der Waals surface area contributed by atoms with Gasteiger partial charge in [0, 0.05) is 19.6 Å². The predicted molar refractivity (Wildman–Crippen MR) is 87.3 cm³/mol. The van der Waals surface area contributed by atoms with Crippen LogP contribution in [-0.4, -0.2) is 30.3 Å². The number of anilines is 1. The molecule has 2 N–H and O–H groups in total. The van der Waals surface area contributed by atoms with Crippen LogP contribution in [0.4, 0.5) is 5.69 Å².